The molecule has 0 bridgehead atoms. The number of para-hydroxylation sites is 1. The third-order valence-corrected chi connectivity index (χ3v) is 6.07. The molecular weight excluding hydrogens is 448 g/mol. The van der Waals surface area contributed by atoms with E-state index in [4.69, 9.17) is 13.9 Å². The molecule has 2 heterocycles. The second-order valence-corrected chi connectivity index (χ2v) is 8.35. The van der Waals surface area contributed by atoms with Crippen LogP contribution in [-0.2, 0) is 25.7 Å². The molecule has 1 atom stereocenters. The molecule has 4 rings (SSSR count). The molecular formula is C23H20N2O7S. The van der Waals surface area contributed by atoms with Gasteiger partial charge in [-0.25, -0.2) is 9.59 Å². The van der Waals surface area contributed by atoms with Gasteiger partial charge in [0.15, 0.2) is 0 Å². The Labute approximate surface area is 192 Å². The molecule has 0 aliphatic carbocycles. The monoisotopic (exact) mass is 468 g/mol. The first kappa shape index (κ1) is 22.4. The Morgan fingerprint density at radius 2 is 1.94 bits per heavy atom. The highest BCUT2D eigenvalue weighted by molar-refractivity contribution is 8.01. The number of carbonyl (C=O) groups excluding carboxylic acids is 3. The predicted molar refractivity (Wildman–Crippen MR) is 122 cm³/mol. The minimum absolute atomic E-state index is 0.113. The Kier molecular flexibility index (Phi) is 6.64. The molecule has 33 heavy (non-hydrogen) atoms. The summed E-state index contributed by atoms with van der Waals surface area (Å²) in [5.74, 6) is -0.827. The standard InChI is InChI=1S/C23H20N2O7S/c1-2-30-23(29)24-14-7-8-15-13(9-21(27)32-17(15)10-14)12-31-20(26)11-19-22(28)25-16-5-3-4-6-18(16)33-19/h3-10,19H,2,11-12H2,1H3,(H,24,29)(H,25,28)/t19-/m1/s1. The number of ether oxygens (including phenoxy) is 2. The average Bonchev–Trinajstić information content (AvgIpc) is 2.77. The smallest absolute Gasteiger partial charge is 0.411 e. The Bertz CT molecular complexity index is 1290. The minimum Gasteiger partial charge on any atom is -0.461 e. The van der Waals surface area contributed by atoms with Gasteiger partial charge in [0.25, 0.3) is 0 Å². The number of benzene rings is 2. The van der Waals surface area contributed by atoms with Crippen molar-refractivity contribution in [2.45, 2.75) is 30.1 Å². The Morgan fingerprint density at radius 3 is 2.76 bits per heavy atom. The van der Waals surface area contributed by atoms with Crippen LogP contribution in [0.4, 0.5) is 16.2 Å². The molecule has 2 N–H and O–H groups in total. The summed E-state index contributed by atoms with van der Waals surface area (Å²) >= 11 is 1.31. The van der Waals surface area contributed by atoms with Gasteiger partial charge in [0.05, 0.1) is 24.0 Å². The molecule has 2 amide bonds. The molecule has 10 heteroatoms. The fourth-order valence-electron chi connectivity index (χ4n) is 3.31. The van der Waals surface area contributed by atoms with E-state index < -0.39 is 22.9 Å². The molecule has 2 aromatic carbocycles. The maximum atomic E-state index is 12.4. The maximum absolute atomic E-state index is 12.4. The predicted octanol–water partition coefficient (Wildman–Crippen LogP) is 3.91. The van der Waals surface area contributed by atoms with Crippen molar-refractivity contribution in [2.24, 2.45) is 0 Å². The molecule has 3 aromatic rings. The summed E-state index contributed by atoms with van der Waals surface area (Å²) in [5, 5.41) is 5.26. The van der Waals surface area contributed by atoms with Crippen LogP contribution in [0.25, 0.3) is 11.0 Å². The van der Waals surface area contributed by atoms with Crippen molar-refractivity contribution in [2.75, 3.05) is 17.2 Å². The van der Waals surface area contributed by atoms with Crippen molar-refractivity contribution in [1.82, 2.24) is 0 Å². The van der Waals surface area contributed by atoms with Crippen LogP contribution in [0, 0.1) is 0 Å². The summed E-state index contributed by atoms with van der Waals surface area (Å²) in [5.41, 5.74) is 1.15. The molecule has 0 fully saturated rings. The normalized spacial score (nSPS) is 14.8. The number of anilines is 2. The van der Waals surface area contributed by atoms with E-state index in [2.05, 4.69) is 10.6 Å². The number of hydrogen-bond donors (Lipinski definition) is 2. The molecule has 1 aromatic heterocycles. The summed E-state index contributed by atoms with van der Waals surface area (Å²) in [4.78, 5) is 49.2. The van der Waals surface area contributed by atoms with Crippen LogP contribution in [0.1, 0.15) is 18.9 Å². The molecule has 0 unspecified atom stereocenters. The lowest BCUT2D eigenvalue weighted by atomic mass is 10.1. The first-order valence-electron chi connectivity index (χ1n) is 10.2. The van der Waals surface area contributed by atoms with Crippen molar-refractivity contribution in [3.63, 3.8) is 0 Å². The summed E-state index contributed by atoms with van der Waals surface area (Å²) in [7, 11) is 0. The minimum atomic E-state index is -0.628. The average molecular weight is 468 g/mol. The van der Waals surface area contributed by atoms with Crippen molar-refractivity contribution >= 4 is 52.1 Å². The highest BCUT2D eigenvalue weighted by Gasteiger charge is 2.29. The van der Waals surface area contributed by atoms with Crippen molar-refractivity contribution in [1.29, 1.82) is 0 Å². The Balaban J connectivity index is 1.43. The van der Waals surface area contributed by atoms with E-state index in [1.165, 1.54) is 23.9 Å². The van der Waals surface area contributed by atoms with Crippen LogP contribution in [0.3, 0.4) is 0 Å². The summed E-state index contributed by atoms with van der Waals surface area (Å²) < 4.78 is 15.4. The van der Waals surface area contributed by atoms with Gasteiger partial charge >= 0.3 is 17.7 Å². The number of fused-ring (bicyclic) bond motifs is 2. The summed E-state index contributed by atoms with van der Waals surface area (Å²) in [6.45, 7) is 1.74. The van der Waals surface area contributed by atoms with Gasteiger partial charge in [0.1, 0.15) is 12.2 Å². The van der Waals surface area contributed by atoms with Crippen LogP contribution in [0.5, 0.6) is 0 Å². The van der Waals surface area contributed by atoms with E-state index in [0.717, 1.165) is 10.6 Å². The topological polar surface area (TPSA) is 124 Å². The number of rotatable bonds is 6. The third-order valence-electron chi connectivity index (χ3n) is 4.80. The van der Waals surface area contributed by atoms with Gasteiger partial charge in [-0.3, -0.25) is 14.9 Å². The van der Waals surface area contributed by atoms with Gasteiger partial charge in [-0.05, 0) is 31.2 Å². The summed E-state index contributed by atoms with van der Waals surface area (Å²) in [6, 6.07) is 13.3. The van der Waals surface area contributed by atoms with Crippen LogP contribution < -0.4 is 16.3 Å². The Hall–Kier alpha value is -3.79. The molecule has 0 radical (unpaired) electrons. The largest absolute Gasteiger partial charge is 0.461 e. The SMILES string of the molecule is CCOC(=O)Nc1ccc2c(COC(=O)C[C@H]3Sc4ccccc4NC3=O)cc(=O)oc2c1. The number of hydrogen-bond acceptors (Lipinski definition) is 8. The van der Waals surface area contributed by atoms with Gasteiger partial charge in [-0.1, -0.05) is 12.1 Å². The van der Waals surface area contributed by atoms with Crippen molar-refractivity contribution < 1.29 is 28.3 Å². The molecule has 1 aliphatic heterocycles. The van der Waals surface area contributed by atoms with Gasteiger partial charge in [0.2, 0.25) is 5.91 Å². The fraction of sp³-hybridized carbons (Fsp3) is 0.217. The zero-order valence-corrected chi connectivity index (χ0v) is 18.4. The van der Waals surface area contributed by atoms with E-state index in [-0.39, 0.29) is 31.1 Å². The van der Waals surface area contributed by atoms with E-state index >= 15 is 0 Å². The number of carbonyl (C=O) groups is 3. The molecule has 0 spiro atoms. The zero-order valence-electron chi connectivity index (χ0n) is 17.6. The van der Waals surface area contributed by atoms with Gasteiger partial charge < -0.3 is 19.2 Å². The van der Waals surface area contributed by atoms with Crippen LogP contribution in [0.15, 0.2) is 62.6 Å². The molecule has 0 saturated heterocycles. The Morgan fingerprint density at radius 1 is 1.12 bits per heavy atom. The van der Waals surface area contributed by atoms with Gasteiger partial charge in [0, 0.05) is 33.7 Å². The van der Waals surface area contributed by atoms with E-state index in [9.17, 15) is 19.2 Å². The number of thioether (sulfide) groups is 1. The molecule has 0 saturated carbocycles. The van der Waals surface area contributed by atoms with Crippen LogP contribution in [-0.4, -0.2) is 29.8 Å². The van der Waals surface area contributed by atoms with E-state index in [1.807, 2.05) is 18.2 Å². The van der Waals surface area contributed by atoms with Gasteiger partial charge in [-0.15, -0.1) is 11.8 Å². The van der Waals surface area contributed by atoms with E-state index in [0.29, 0.717) is 16.6 Å². The quantitative estimate of drug-likeness (QED) is 0.412. The lowest BCUT2D eigenvalue weighted by molar-refractivity contribution is -0.145. The number of esters is 1. The number of amides is 2. The van der Waals surface area contributed by atoms with Gasteiger partial charge in [-0.2, -0.15) is 0 Å². The second-order valence-electron chi connectivity index (χ2n) is 7.10. The highest BCUT2D eigenvalue weighted by atomic mass is 32.2. The maximum Gasteiger partial charge on any atom is 0.411 e. The van der Waals surface area contributed by atoms with Crippen molar-refractivity contribution in [3.05, 3.63) is 64.5 Å². The lowest BCUT2D eigenvalue weighted by Crippen LogP contribution is -2.31. The van der Waals surface area contributed by atoms with Crippen LogP contribution in [0.2, 0.25) is 0 Å². The molecule has 170 valence electrons. The van der Waals surface area contributed by atoms with Crippen molar-refractivity contribution in [3.8, 4) is 0 Å². The van der Waals surface area contributed by atoms with E-state index in [1.54, 1.807) is 25.1 Å². The number of nitrogens with one attached hydrogen (secondary N) is 2. The molecule has 9 nitrogen and oxygen atoms in total. The second kappa shape index (κ2) is 9.78. The summed E-state index contributed by atoms with van der Waals surface area (Å²) in [6.07, 6.45) is -0.741. The lowest BCUT2D eigenvalue weighted by Gasteiger charge is -2.23. The zero-order chi connectivity index (χ0) is 23.4. The first-order chi connectivity index (χ1) is 15.9. The van der Waals surface area contributed by atoms with Crippen LogP contribution >= 0.6 is 11.8 Å². The fourth-order valence-corrected chi connectivity index (χ4v) is 4.40. The first-order valence-corrected chi connectivity index (χ1v) is 11.0. The molecule has 1 aliphatic rings. The highest BCUT2D eigenvalue weighted by Crippen LogP contribution is 2.36. The third kappa shape index (κ3) is 5.35.